The molecule has 4 heteroatoms. The van der Waals surface area contributed by atoms with Crippen LogP contribution in [0.2, 0.25) is 5.02 Å². The average molecular weight is 298 g/mol. The second-order valence-electron chi connectivity index (χ2n) is 5.97. The van der Waals surface area contributed by atoms with E-state index in [9.17, 15) is 5.11 Å². The molecule has 3 nitrogen and oxygen atoms in total. The fourth-order valence-corrected chi connectivity index (χ4v) is 3.15. The number of phenols is 1. The lowest BCUT2D eigenvalue weighted by atomic mass is 9.86. The normalized spacial score (nSPS) is 17.6. The van der Waals surface area contributed by atoms with Gasteiger partial charge in [-0.2, -0.15) is 0 Å². The molecule has 1 saturated heterocycles. The minimum Gasteiger partial charge on any atom is -0.504 e. The molecule has 1 fully saturated rings. The second kappa shape index (κ2) is 6.68. The van der Waals surface area contributed by atoms with E-state index in [1.165, 1.54) is 12.8 Å². The molecular weight excluding hydrogens is 274 g/mol. The third-order valence-electron chi connectivity index (χ3n) is 4.31. The molecule has 0 spiro atoms. The van der Waals surface area contributed by atoms with Crippen LogP contribution >= 0.6 is 11.6 Å². The number of hydrogen-bond acceptors (Lipinski definition) is 3. The zero-order valence-corrected chi connectivity index (χ0v) is 13.3. The van der Waals surface area contributed by atoms with Crippen LogP contribution in [0.25, 0.3) is 0 Å². The SMILES string of the molecule is COc1cc(Cl)cc(CN2CCC(C(C)C)CC2)c1O. The Morgan fingerprint density at radius 1 is 1.35 bits per heavy atom. The Morgan fingerprint density at radius 2 is 2.00 bits per heavy atom. The van der Waals surface area contributed by atoms with Gasteiger partial charge < -0.3 is 9.84 Å². The van der Waals surface area contributed by atoms with Crippen molar-refractivity contribution in [1.82, 2.24) is 4.90 Å². The van der Waals surface area contributed by atoms with Gasteiger partial charge in [-0.25, -0.2) is 0 Å². The molecule has 20 heavy (non-hydrogen) atoms. The van der Waals surface area contributed by atoms with Gasteiger partial charge in [0.15, 0.2) is 11.5 Å². The molecule has 1 aromatic carbocycles. The average Bonchev–Trinajstić information content (AvgIpc) is 2.43. The van der Waals surface area contributed by atoms with Crippen LogP contribution in [0.5, 0.6) is 11.5 Å². The predicted molar refractivity (Wildman–Crippen MR) is 82.5 cm³/mol. The monoisotopic (exact) mass is 297 g/mol. The van der Waals surface area contributed by atoms with Crippen LogP contribution in [0.3, 0.4) is 0 Å². The number of ether oxygens (including phenoxy) is 1. The molecule has 1 aliphatic heterocycles. The number of aromatic hydroxyl groups is 1. The number of piperidine rings is 1. The van der Waals surface area contributed by atoms with Gasteiger partial charge in [0.05, 0.1) is 7.11 Å². The van der Waals surface area contributed by atoms with Gasteiger partial charge in [0, 0.05) is 23.2 Å². The van der Waals surface area contributed by atoms with Crippen molar-refractivity contribution in [2.45, 2.75) is 33.2 Å². The van der Waals surface area contributed by atoms with Crippen LogP contribution in [0.4, 0.5) is 0 Å². The smallest absolute Gasteiger partial charge is 0.162 e. The van der Waals surface area contributed by atoms with Gasteiger partial charge in [-0.05, 0) is 43.8 Å². The van der Waals surface area contributed by atoms with Gasteiger partial charge in [0.25, 0.3) is 0 Å². The molecule has 112 valence electrons. The van der Waals surface area contributed by atoms with Gasteiger partial charge >= 0.3 is 0 Å². The quantitative estimate of drug-likeness (QED) is 0.914. The first-order chi connectivity index (χ1) is 9.51. The third-order valence-corrected chi connectivity index (χ3v) is 4.53. The van der Waals surface area contributed by atoms with Crippen molar-refractivity contribution >= 4 is 11.6 Å². The van der Waals surface area contributed by atoms with Crippen molar-refractivity contribution in [2.75, 3.05) is 20.2 Å². The first-order valence-electron chi connectivity index (χ1n) is 7.29. The zero-order chi connectivity index (χ0) is 14.7. The molecule has 0 aliphatic carbocycles. The number of phenolic OH excluding ortho intramolecular Hbond substituents is 1. The first kappa shape index (κ1) is 15.5. The molecule has 1 aromatic rings. The number of methoxy groups -OCH3 is 1. The Labute approximate surface area is 126 Å². The van der Waals surface area contributed by atoms with Crippen LogP contribution in [0, 0.1) is 11.8 Å². The Balaban J connectivity index is 2.03. The minimum atomic E-state index is 0.211. The molecular formula is C16H24ClNO2. The van der Waals surface area contributed by atoms with Crippen molar-refractivity contribution in [1.29, 1.82) is 0 Å². The molecule has 0 bridgehead atoms. The highest BCUT2D eigenvalue weighted by Crippen LogP contribution is 2.35. The van der Waals surface area contributed by atoms with Gasteiger partial charge in [-0.3, -0.25) is 4.90 Å². The molecule has 0 atom stereocenters. The zero-order valence-electron chi connectivity index (χ0n) is 12.5. The largest absolute Gasteiger partial charge is 0.504 e. The number of nitrogens with zero attached hydrogens (tertiary/aromatic N) is 1. The van der Waals surface area contributed by atoms with Gasteiger partial charge in [-0.15, -0.1) is 0 Å². The molecule has 0 amide bonds. The van der Waals surface area contributed by atoms with Gasteiger partial charge in [0.1, 0.15) is 0 Å². The van der Waals surface area contributed by atoms with E-state index in [0.717, 1.165) is 37.0 Å². The number of benzene rings is 1. The lowest BCUT2D eigenvalue weighted by Crippen LogP contribution is -2.34. The summed E-state index contributed by atoms with van der Waals surface area (Å²) in [4.78, 5) is 2.38. The van der Waals surface area contributed by atoms with E-state index in [0.29, 0.717) is 10.8 Å². The summed E-state index contributed by atoms with van der Waals surface area (Å²) in [7, 11) is 1.54. The highest BCUT2D eigenvalue weighted by atomic mass is 35.5. The maximum atomic E-state index is 10.2. The van der Waals surface area contributed by atoms with E-state index in [2.05, 4.69) is 18.7 Å². The molecule has 2 rings (SSSR count). The van der Waals surface area contributed by atoms with E-state index in [1.54, 1.807) is 13.2 Å². The topological polar surface area (TPSA) is 32.7 Å². The van der Waals surface area contributed by atoms with E-state index in [4.69, 9.17) is 16.3 Å². The third kappa shape index (κ3) is 3.58. The molecule has 0 aromatic heterocycles. The summed E-state index contributed by atoms with van der Waals surface area (Å²) < 4.78 is 5.15. The van der Waals surface area contributed by atoms with E-state index in [1.807, 2.05) is 6.07 Å². The lowest BCUT2D eigenvalue weighted by molar-refractivity contribution is 0.150. The van der Waals surface area contributed by atoms with Crippen molar-refractivity contribution < 1.29 is 9.84 Å². The van der Waals surface area contributed by atoms with Crippen molar-refractivity contribution in [3.63, 3.8) is 0 Å². The summed E-state index contributed by atoms with van der Waals surface area (Å²) in [5.41, 5.74) is 0.845. The molecule has 0 radical (unpaired) electrons. The summed E-state index contributed by atoms with van der Waals surface area (Å²) >= 11 is 6.07. The lowest BCUT2D eigenvalue weighted by Gasteiger charge is -2.34. The summed E-state index contributed by atoms with van der Waals surface area (Å²) in [6.45, 7) is 7.49. The predicted octanol–water partition coefficient (Wildman–Crippen LogP) is 3.92. The van der Waals surface area contributed by atoms with Crippen LogP contribution < -0.4 is 4.74 Å². The fraction of sp³-hybridized carbons (Fsp3) is 0.625. The molecule has 1 N–H and O–H groups in total. The molecule has 1 aliphatic rings. The Kier molecular flexibility index (Phi) is 5.17. The summed E-state index contributed by atoms with van der Waals surface area (Å²) in [6, 6.07) is 3.47. The second-order valence-corrected chi connectivity index (χ2v) is 6.41. The summed E-state index contributed by atoms with van der Waals surface area (Å²) in [5.74, 6) is 2.25. The Morgan fingerprint density at radius 3 is 2.55 bits per heavy atom. The van der Waals surface area contributed by atoms with Crippen molar-refractivity contribution in [2.24, 2.45) is 11.8 Å². The maximum Gasteiger partial charge on any atom is 0.162 e. The highest BCUT2D eigenvalue weighted by molar-refractivity contribution is 6.30. The van der Waals surface area contributed by atoms with Crippen LogP contribution in [0.15, 0.2) is 12.1 Å². The fourth-order valence-electron chi connectivity index (χ4n) is 2.92. The maximum absolute atomic E-state index is 10.2. The van der Waals surface area contributed by atoms with Crippen LogP contribution in [-0.2, 0) is 6.54 Å². The van der Waals surface area contributed by atoms with Crippen LogP contribution in [0.1, 0.15) is 32.3 Å². The minimum absolute atomic E-state index is 0.211. The van der Waals surface area contributed by atoms with Crippen molar-refractivity contribution in [3.05, 3.63) is 22.7 Å². The Hall–Kier alpha value is -0.930. The van der Waals surface area contributed by atoms with Gasteiger partial charge in [0.2, 0.25) is 0 Å². The number of rotatable bonds is 4. The molecule has 0 unspecified atom stereocenters. The van der Waals surface area contributed by atoms with E-state index < -0.39 is 0 Å². The van der Waals surface area contributed by atoms with Crippen LogP contribution in [-0.4, -0.2) is 30.2 Å². The highest BCUT2D eigenvalue weighted by Gasteiger charge is 2.22. The van der Waals surface area contributed by atoms with E-state index >= 15 is 0 Å². The summed E-state index contributed by atoms with van der Waals surface area (Å²) in [5, 5.41) is 10.8. The number of likely N-dealkylation sites (tertiary alicyclic amines) is 1. The van der Waals surface area contributed by atoms with Gasteiger partial charge in [-0.1, -0.05) is 25.4 Å². The standard InChI is InChI=1S/C16H24ClNO2/c1-11(2)12-4-6-18(7-5-12)10-13-8-14(17)9-15(20-3)16(13)19/h8-9,11-12,19H,4-7,10H2,1-3H3. The van der Waals surface area contributed by atoms with E-state index in [-0.39, 0.29) is 5.75 Å². The number of halogens is 1. The molecule has 0 saturated carbocycles. The Bertz CT molecular complexity index is 454. The number of hydrogen-bond donors (Lipinski definition) is 1. The summed E-state index contributed by atoms with van der Waals surface area (Å²) in [6.07, 6.45) is 2.46. The molecule has 1 heterocycles. The first-order valence-corrected chi connectivity index (χ1v) is 7.66. The van der Waals surface area contributed by atoms with Crippen molar-refractivity contribution in [3.8, 4) is 11.5 Å².